The molecule has 0 saturated carbocycles. The lowest BCUT2D eigenvalue weighted by molar-refractivity contribution is -0.384. The Morgan fingerprint density at radius 3 is 2.65 bits per heavy atom. The van der Waals surface area contributed by atoms with Crippen LogP contribution in [0.2, 0.25) is 5.15 Å². The van der Waals surface area contributed by atoms with Crippen molar-refractivity contribution in [3.05, 3.63) is 51.3 Å². The summed E-state index contributed by atoms with van der Waals surface area (Å²) in [7, 11) is 0. The molecule has 6 heteroatoms. The number of hydrogen-bond donors (Lipinski definition) is 0. The van der Waals surface area contributed by atoms with E-state index in [-0.39, 0.29) is 5.69 Å². The van der Waals surface area contributed by atoms with E-state index in [1.807, 2.05) is 0 Å². The van der Waals surface area contributed by atoms with Crippen LogP contribution in [-0.4, -0.2) is 14.9 Å². The fourth-order valence-corrected chi connectivity index (χ4v) is 2.14. The van der Waals surface area contributed by atoms with Crippen molar-refractivity contribution >= 4 is 17.3 Å². The first kappa shape index (κ1) is 14.4. The minimum atomic E-state index is -0.443. The first-order valence-electron chi connectivity index (χ1n) is 6.24. The van der Waals surface area contributed by atoms with Gasteiger partial charge in [-0.15, -0.1) is 0 Å². The maximum atomic E-state index is 11.1. The summed E-state index contributed by atoms with van der Waals surface area (Å²) in [5.41, 5.74) is 1.14. The van der Waals surface area contributed by atoms with Gasteiger partial charge in [0.25, 0.3) is 5.69 Å². The molecule has 1 heterocycles. The fourth-order valence-electron chi connectivity index (χ4n) is 1.93. The number of nitro benzene ring substituents is 1. The van der Waals surface area contributed by atoms with Crippen LogP contribution in [0.5, 0.6) is 0 Å². The maximum Gasteiger partial charge on any atom is 0.280 e. The molecular formula is C14H14ClN3O2. The number of aromatic nitrogens is 2. The highest BCUT2D eigenvalue weighted by Gasteiger charge is 2.17. The van der Waals surface area contributed by atoms with Crippen LogP contribution >= 0.6 is 11.6 Å². The summed E-state index contributed by atoms with van der Waals surface area (Å²) in [6, 6.07) is 8.08. The minimum Gasteiger partial charge on any atom is -0.258 e. The zero-order valence-corrected chi connectivity index (χ0v) is 12.0. The van der Waals surface area contributed by atoms with Gasteiger partial charge in [-0.3, -0.25) is 10.1 Å². The molecule has 2 rings (SSSR count). The first-order chi connectivity index (χ1) is 9.47. The molecule has 0 fully saturated rings. The lowest BCUT2D eigenvalue weighted by Gasteiger charge is -2.07. The summed E-state index contributed by atoms with van der Waals surface area (Å²) in [6.45, 7) is 4.14. The Bertz CT molecular complexity index is 644. The second-order valence-corrected chi connectivity index (χ2v) is 5.27. The van der Waals surface area contributed by atoms with Crippen molar-refractivity contribution in [3.63, 3.8) is 0 Å². The quantitative estimate of drug-likeness (QED) is 0.486. The van der Waals surface area contributed by atoms with E-state index in [0.717, 1.165) is 12.1 Å². The summed E-state index contributed by atoms with van der Waals surface area (Å²) in [4.78, 5) is 19.1. The van der Waals surface area contributed by atoms with Gasteiger partial charge in [0.15, 0.2) is 5.82 Å². The Labute approximate surface area is 121 Å². The van der Waals surface area contributed by atoms with Crippen LogP contribution in [-0.2, 0) is 6.42 Å². The van der Waals surface area contributed by atoms with E-state index in [1.54, 1.807) is 24.3 Å². The molecule has 104 valence electrons. The average molecular weight is 292 g/mol. The molecule has 0 aliphatic rings. The lowest BCUT2D eigenvalue weighted by Crippen LogP contribution is -2.02. The van der Waals surface area contributed by atoms with Crippen molar-refractivity contribution in [3.8, 4) is 11.4 Å². The Hall–Kier alpha value is -2.01. The van der Waals surface area contributed by atoms with Gasteiger partial charge in [-0.25, -0.2) is 9.97 Å². The molecule has 0 radical (unpaired) electrons. The van der Waals surface area contributed by atoms with Crippen LogP contribution in [0.25, 0.3) is 11.4 Å². The predicted octanol–water partition coefficient (Wildman–Crippen LogP) is 3.90. The standard InChI is InChI=1S/C14H14ClN3O2/c1-9(2)7-10-8-13(15)17-14(16-10)11-5-3-4-6-12(11)18(19)20/h3-6,8-9H,7H2,1-2H3. The molecule has 2 aromatic rings. The molecular weight excluding hydrogens is 278 g/mol. The Kier molecular flexibility index (Phi) is 4.29. The third kappa shape index (κ3) is 3.30. The predicted molar refractivity (Wildman–Crippen MR) is 77.7 cm³/mol. The molecule has 0 atom stereocenters. The molecule has 1 aromatic carbocycles. The van der Waals surface area contributed by atoms with Gasteiger partial charge in [-0.1, -0.05) is 37.6 Å². The highest BCUT2D eigenvalue weighted by Crippen LogP contribution is 2.28. The highest BCUT2D eigenvalue weighted by molar-refractivity contribution is 6.29. The van der Waals surface area contributed by atoms with E-state index < -0.39 is 4.92 Å². The van der Waals surface area contributed by atoms with Crippen LogP contribution in [0.15, 0.2) is 30.3 Å². The molecule has 5 nitrogen and oxygen atoms in total. The summed E-state index contributed by atoms with van der Waals surface area (Å²) in [5, 5.41) is 11.4. The highest BCUT2D eigenvalue weighted by atomic mass is 35.5. The number of halogens is 1. The zero-order valence-electron chi connectivity index (χ0n) is 11.2. The molecule has 0 amide bonds. The van der Waals surface area contributed by atoms with Gasteiger partial charge >= 0.3 is 0 Å². The number of para-hydroxylation sites is 1. The molecule has 20 heavy (non-hydrogen) atoms. The molecule has 0 aliphatic heterocycles. The topological polar surface area (TPSA) is 68.9 Å². The van der Waals surface area contributed by atoms with Gasteiger partial charge in [-0.2, -0.15) is 0 Å². The van der Waals surface area contributed by atoms with Crippen molar-refractivity contribution in [2.45, 2.75) is 20.3 Å². The number of rotatable bonds is 4. The van der Waals surface area contributed by atoms with E-state index in [4.69, 9.17) is 11.6 Å². The third-order valence-corrected chi connectivity index (χ3v) is 2.90. The van der Waals surface area contributed by atoms with Crippen LogP contribution < -0.4 is 0 Å². The van der Waals surface area contributed by atoms with Gasteiger partial charge in [0, 0.05) is 11.8 Å². The lowest BCUT2D eigenvalue weighted by atomic mass is 10.1. The van der Waals surface area contributed by atoms with Gasteiger partial charge in [0.2, 0.25) is 0 Å². The van der Waals surface area contributed by atoms with Gasteiger partial charge in [0.05, 0.1) is 10.5 Å². The molecule has 0 aliphatic carbocycles. The van der Waals surface area contributed by atoms with E-state index in [0.29, 0.717) is 22.5 Å². The van der Waals surface area contributed by atoms with Gasteiger partial charge in [-0.05, 0) is 24.5 Å². The average Bonchev–Trinajstić information content (AvgIpc) is 2.37. The normalized spacial score (nSPS) is 10.8. The van der Waals surface area contributed by atoms with Crippen molar-refractivity contribution in [1.29, 1.82) is 0 Å². The largest absolute Gasteiger partial charge is 0.280 e. The molecule has 1 aromatic heterocycles. The summed E-state index contributed by atoms with van der Waals surface area (Å²) < 4.78 is 0. The molecule has 0 spiro atoms. The van der Waals surface area contributed by atoms with Crippen LogP contribution in [0, 0.1) is 16.0 Å². The molecule has 0 unspecified atom stereocenters. The smallest absolute Gasteiger partial charge is 0.258 e. The summed E-state index contributed by atoms with van der Waals surface area (Å²) >= 11 is 5.99. The number of benzene rings is 1. The molecule has 0 bridgehead atoms. The van der Waals surface area contributed by atoms with Crippen LogP contribution in [0.4, 0.5) is 5.69 Å². The first-order valence-corrected chi connectivity index (χ1v) is 6.62. The van der Waals surface area contributed by atoms with Crippen LogP contribution in [0.3, 0.4) is 0 Å². The molecule has 0 saturated heterocycles. The second-order valence-electron chi connectivity index (χ2n) is 4.88. The fraction of sp³-hybridized carbons (Fsp3) is 0.286. The summed E-state index contributed by atoms with van der Waals surface area (Å²) in [6.07, 6.45) is 0.746. The summed E-state index contributed by atoms with van der Waals surface area (Å²) in [5.74, 6) is 0.708. The van der Waals surface area contributed by atoms with E-state index in [2.05, 4.69) is 23.8 Å². The minimum absolute atomic E-state index is 0.0229. The van der Waals surface area contributed by atoms with Gasteiger partial charge < -0.3 is 0 Å². The zero-order chi connectivity index (χ0) is 14.7. The Balaban J connectivity index is 2.53. The van der Waals surface area contributed by atoms with Crippen LogP contribution in [0.1, 0.15) is 19.5 Å². The second kappa shape index (κ2) is 5.96. The SMILES string of the molecule is CC(C)Cc1cc(Cl)nc(-c2ccccc2[N+](=O)[O-])n1. The maximum absolute atomic E-state index is 11.1. The number of nitro groups is 1. The molecule has 0 N–H and O–H groups in total. The Morgan fingerprint density at radius 2 is 2.00 bits per heavy atom. The monoisotopic (exact) mass is 291 g/mol. The van der Waals surface area contributed by atoms with Crippen molar-refractivity contribution < 1.29 is 4.92 Å². The number of nitrogens with zero attached hydrogens (tertiary/aromatic N) is 3. The van der Waals surface area contributed by atoms with Crippen molar-refractivity contribution in [1.82, 2.24) is 9.97 Å². The van der Waals surface area contributed by atoms with E-state index in [1.165, 1.54) is 6.07 Å². The van der Waals surface area contributed by atoms with Crippen molar-refractivity contribution in [2.75, 3.05) is 0 Å². The third-order valence-electron chi connectivity index (χ3n) is 2.71. The van der Waals surface area contributed by atoms with Gasteiger partial charge in [0.1, 0.15) is 5.15 Å². The van der Waals surface area contributed by atoms with Crippen molar-refractivity contribution in [2.24, 2.45) is 5.92 Å². The van der Waals surface area contributed by atoms with E-state index in [9.17, 15) is 10.1 Å². The Morgan fingerprint density at radius 1 is 1.30 bits per heavy atom. The van der Waals surface area contributed by atoms with E-state index >= 15 is 0 Å². The number of hydrogen-bond acceptors (Lipinski definition) is 4.